The van der Waals surface area contributed by atoms with E-state index in [0.717, 1.165) is 9.80 Å². The SMILES string of the molecule is CCOC(=O)N(CC)C(=O)N(CCCN(C)C)C(=O)OCC. The van der Waals surface area contributed by atoms with E-state index in [9.17, 15) is 14.4 Å². The molecule has 0 radical (unpaired) electrons. The fraction of sp³-hybridized carbons (Fsp3) is 0.786. The molecule has 22 heavy (non-hydrogen) atoms. The Bertz CT molecular complexity index is 373. The average molecular weight is 317 g/mol. The molecule has 0 aromatic carbocycles. The lowest BCUT2D eigenvalue weighted by Gasteiger charge is -2.26. The van der Waals surface area contributed by atoms with Gasteiger partial charge in [0.1, 0.15) is 0 Å². The van der Waals surface area contributed by atoms with E-state index in [1.807, 2.05) is 19.0 Å². The summed E-state index contributed by atoms with van der Waals surface area (Å²) in [4.78, 5) is 39.9. The molecule has 0 aliphatic rings. The largest absolute Gasteiger partial charge is 0.449 e. The van der Waals surface area contributed by atoms with Crippen LogP contribution in [0.3, 0.4) is 0 Å². The van der Waals surface area contributed by atoms with Crippen LogP contribution in [0.25, 0.3) is 0 Å². The van der Waals surface area contributed by atoms with Crippen molar-refractivity contribution in [3.63, 3.8) is 0 Å². The van der Waals surface area contributed by atoms with Gasteiger partial charge in [-0.05, 0) is 47.8 Å². The Labute approximate surface area is 131 Å². The molecule has 0 bridgehead atoms. The number of rotatable bonds is 7. The number of hydrogen-bond acceptors (Lipinski definition) is 6. The molecule has 4 amide bonds. The molecule has 0 heterocycles. The zero-order chi connectivity index (χ0) is 17.1. The summed E-state index contributed by atoms with van der Waals surface area (Å²) in [5.41, 5.74) is 0. The monoisotopic (exact) mass is 317 g/mol. The number of hydrogen-bond donors (Lipinski definition) is 0. The molecule has 0 N–H and O–H groups in total. The molecule has 0 saturated heterocycles. The van der Waals surface area contributed by atoms with Gasteiger partial charge < -0.3 is 14.4 Å². The molecule has 128 valence electrons. The summed E-state index contributed by atoms with van der Waals surface area (Å²) in [6, 6.07) is -0.724. The minimum atomic E-state index is -0.767. The predicted molar refractivity (Wildman–Crippen MR) is 81.7 cm³/mol. The van der Waals surface area contributed by atoms with Crippen LogP contribution in [0.4, 0.5) is 14.4 Å². The van der Waals surface area contributed by atoms with Crippen molar-refractivity contribution in [2.24, 2.45) is 0 Å². The lowest BCUT2D eigenvalue weighted by Crippen LogP contribution is -2.49. The molecule has 0 spiro atoms. The maximum absolute atomic E-state index is 12.4. The summed E-state index contributed by atoms with van der Waals surface area (Å²) < 4.78 is 9.72. The van der Waals surface area contributed by atoms with Gasteiger partial charge >= 0.3 is 18.2 Å². The molecule has 0 atom stereocenters. The smallest absolute Gasteiger partial charge is 0.417 e. The maximum atomic E-state index is 12.4. The first-order chi connectivity index (χ1) is 10.4. The van der Waals surface area contributed by atoms with E-state index in [1.54, 1.807) is 20.8 Å². The second kappa shape index (κ2) is 10.8. The van der Waals surface area contributed by atoms with Gasteiger partial charge in [0.15, 0.2) is 0 Å². The summed E-state index contributed by atoms with van der Waals surface area (Å²) in [6.07, 6.45) is -0.941. The predicted octanol–water partition coefficient (Wildman–Crippen LogP) is 2.00. The van der Waals surface area contributed by atoms with Gasteiger partial charge in [0.25, 0.3) is 0 Å². The molecule has 0 aliphatic carbocycles. The van der Waals surface area contributed by atoms with Crippen LogP contribution in [-0.4, -0.2) is 79.9 Å². The summed E-state index contributed by atoms with van der Waals surface area (Å²) >= 11 is 0. The first-order valence-corrected chi connectivity index (χ1v) is 7.46. The van der Waals surface area contributed by atoms with Crippen molar-refractivity contribution in [1.82, 2.24) is 14.7 Å². The highest BCUT2D eigenvalue weighted by Crippen LogP contribution is 2.06. The Kier molecular flexibility index (Phi) is 9.93. The third kappa shape index (κ3) is 6.75. The van der Waals surface area contributed by atoms with Crippen LogP contribution >= 0.6 is 0 Å². The highest BCUT2D eigenvalue weighted by atomic mass is 16.6. The van der Waals surface area contributed by atoms with Crippen LogP contribution in [0, 0.1) is 0 Å². The topological polar surface area (TPSA) is 79.4 Å². The fourth-order valence-corrected chi connectivity index (χ4v) is 1.70. The lowest BCUT2D eigenvalue weighted by atomic mass is 10.4. The van der Waals surface area contributed by atoms with Crippen LogP contribution in [0.15, 0.2) is 0 Å². The number of carbonyl (C=O) groups is 3. The van der Waals surface area contributed by atoms with E-state index in [1.165, 1.54) is 0 Å². The van der Waals surface area contributed by atoms with Crippen molar-refractivity contribution in [3.05, 3.63) is 0 Å². The minimum absolute atomic E-state index is 0.112. The van der Waals surface area contributed by atoms with Crippen molar-refractivity contribution in [3.8, 4) is 0 Å². The second-order valence-electron chi connectivity index (χ2n) is 4.73. The maximum Gasteiger partial charge on any atom is 0.417 e. The van der Waals surface area contributed by atoms with Crippen LogP contribution in [0.1, 0.15) is 27.2 Å². The summed E-state index contributed by atoms with van der Waals surface area (Å²) in [5.74, 6) is 0. The van der Waals surface area contributed by atoms with Gasteiger partial charge in [-0.25, -0.2) is 24.2 Å². The summed E-state index contributed by atoms with van der Waals surface area (Å²) in [6.45, 7) is 6.24. The number of carbonyl (C=O) groups excluding carboxylic acids is 3. The molecule has 0 aromatic rings. The number of amides is 4. The molecule has 0 saturated carbocycles. The quantitative estimate of drug-likeness (QED) is 0.714. The van der Waals surface area contributed by atoms with Gasteiger partial charge in [-0.2, -0.15) is 0 Å². The highest BCUT2D eigenvalue weighted by Gasteiger charge is 2.31. The summed E-state index contributed by atoms with van der Waals surface area (Å²) in [7, 11) is 3.79. The lowest BCUT2D eigenvalue weighted by molar-refractivity contribution is 0.0891. The molecule has 0 aromatic heterocycles. The molecular formula is C14H27N3O5. The summed E-state index contributed by atoms with van der Waals surface area (Å²) in [5, 5.41) is 0. The highest BCUT2D eigenvalue weighted by molar-refractivity contribution is 5.98. The van der Waals surface area contributed by atoms with Gasteiger partial charge in [-0.15, -0.1) is 0 Å². The number of imide groups is 2. The van der Waals surface area contributed by atoms with E-state index in [0.29, 0.717) is 13.0 Å². The Balaban J connectivity index is 4.98. The molecule has 0 rings (SSSR count). The normalized spacial score (nSPS) is 10.3. The van der Waals surface area contributed by atoms with E-state index in [2.05, 4.69) is 0 Å². The molecule has 8 nitrogen and oxygen atoms in total. The first kappa shape index (κ1) is 20.2. The van der Waals surface area contributed by atoms with Crippen molar-refractivity contribution in [1.29, 1.82) is 0 Å². The molecular weight excluding hydrogens is 290 g/mol. The van der Waals surface area contributed by atoms with Crippen LogP contribution in [0.2, 0.25) is 0 Å². The van der Waals surface area contributed by atoms with Crippen molar-refractivity contribution in [2.45, 2.75) is 27.2 Å². The van der Waals surface area contributed by atoms with Crippen LogP contribution in [-0.2, 0) is 9.47 Å². The molecule has 8 heteroatoms. The van der Waals surface area contributed by atoms with Gasteiger partial charge in [0, 0.05) is 13.1 Å². The van der Waals surface area contributed by atoms with E-state index in [-0.39, 0.29) is 26.3 Å². The Hall–Kier alpha value is -1.83. The van der Waals surface area contributed by atoms with E-state index in [4.69, 9.17) is 9.47 Å². The number of nitrogens with zero attached hydrogens (tertiary/aromatic N) is 3. The van der Waals surface area contributed by atoms with Gasteiger partial charge in [-0.1, -0.05) is 0 Å². The van der Waals surface area contributed by atoms with Gasteiger partial charge in [0.05, 0.1) is 13.2 Å². The third-order valence-electron chi connectivity index (χ3n) is 2.74. The van der Waals surface area contributed by atoms with Crippen molar-refractivity contribution >= 4 is 18.2 Å². The zero-order valence-electron chi connectivity index (χ0n) is 14.1. The molecule has 0 aliphatic heterocycles. The zero-order valence-corrected chi connectivity index (χ0v) is 14.1. The van der Waals surface area contributed by atoms with Crippen molar-refractivity contribution < 1.29 is 23.9 Å². The number of urea groups is 1. The van der Waals surface area contributed by atoms with E-state index >= 15 is 0 Å². The molecule has 0 fully saturated rings. The van der Waals surface area contributed by atoms with Crippen molar-refractivity contribution in [2.75, 3.05) is 46.9 Å². The standard InChI is InChI=1S/C14H27N3O5/c1-6-16(13(19)21-7-2)12(18)17(14(20)22-8-3)11-9-10-15(4)5/h6-11H2,1-5H3. The Morgan fingerprint density at radius 3 is 1.73 bits per heavy atom. The minimum Gasteiger partial charge on any atom is -0.449 e. The Morgan fingerprint density at radius 1 is 0.818 bits per heavy atom. The second-order valence-corrected chi connectivity index (χ2v) is 4.73. The fourth-order valence-electron chi connectivity index (χ4n) is 1.70. The average Bonchev–Trinajstić information content (AvgIpc) is 2.44. The number of ether oxygens (including phenoxy) is 2. The Morgan fingerprint density at radius 2 is 1.32 bits per heavy atom. The van der Waals surface area contributed by atoms with Gasteiger partial charge in [-0.3, -0.25) is 0 Å². The van der Waals surface area contributed by atoms with Crippen LogP contribution in [0.5, 0.6) is 0 Å². The van der Waals surface area contributed by atoms with Crippen LogP contribution < -0.4 is 0 Å². The third-order valence-corrected chi connectivity index (χ3v) is 2.74. The van der Waals surface area contributed by atoms with E-state index < -0.39 is 18.2 Å². The first-order valence-electron chi connectivity index (χ1n) is 7.46. The molecule has 0 unspecified atom stereocenters. The van der Waals surface area contributed by atoms with Gasteiger partial charge in [0.2, 0.25) is 0 Å².